The number of hydrogen-bond acceptors (Lipinski definition) is 9. The third-order valence-corrected chi connectivity index (χ3v) is 5.98. The van der Waals surface area contributed by atoms with Gasteiger partial charge in [0, 0.05) is 35.5 Å². The minimum atomic E-state index is -0.623. The van der Waals surface area contributed by atoms with Gasteiger partial charge in [-0.05, 0) is 44.9 Å². The first kappa shape index (κ1) is 29.3. The molecule has 9 N–H and O–H groups in total. The Morgan fingerprint density at radius 3 is 1.18 bits per heavy atom. The maximum Gasteiger partial charge on any atom is 0.142 e. The number of nitrogens with two attached hydrogens (primary N) is 3. The molecule has 12 heteroatoms. The van der Waals surface area contributed by atoms with Crippen molar-refractivity contribution in [1.82, 2.24) is 0 Å². The van der Waals surface area contributed by atoms with Crippen LogP contribution in [0.15, 0.2) is 15.5 Å². The fourth-order valence-corrected chi connectivity index (χ4v) is 3.85. The van der Waals surface area contributed by atoms with Crippen molar-refractivity contribution in [1.29, 1.82) is 15.8 Å². The SMILES string of the molecule is CCC(C#N)CC(CC(C#N)CC(CC(C#N)CC(CC)/C(N)=N/O)/C(N)=N/O)/C(N)=N/O. The summed E-state index contributed by atoms with van der Waals surface area (Å²) in [5.41, 5.74) is 17.4. The van der Waals surface area contributed by atoms with Crippen molar-refractivity contribution >= 4 is 17.5 Å². The topological polar surface area (TPSA) is 247 Å². The lowest BCUT2D eigenvalue weighted by Crippen LogP contribution is -2.32. The average molecular weight is 462 g/mol. The number of hydrogen-bond donors (Lipinski definition) is 6. The second-order valence-corrected chi connectivity index (χ2v) is 8.14. The van der Waals surface area contributed by atoms with E-state index in [1.807, 2.05) is 13.8 Å². The van der Waals surface area contributed by atoms with Crippen LogP contribution in [-0.4, -0.2) is 33.1 Å². The largest absolute Gasteiger partial charge is 0.409 e. The Hall–Kier alpha value is -3.72. The van der Waals surface area contributed by atoms with Gasteiger partial charge in [-0.2, -0.15) is 15.8 Å². The minimum Gasteiger partial charge on any atom is -0.409 e. The molecular weight excluding hydrogens is 426 g/mol. The Balaban J connectivity index is 5.61. The van der Waals surface area contributed by atoms with Gasteiger partial charge < -0.3 is 32.8 Å². The van der Waals surface area contributed by atoms with Crippen LogP contribution in [0.1, 0.15) is 58.8 Å². The van der Waals surface area contributed by atoms with E-state index in [9.17, 15) is 21.0 Å². The third kappa shape index (κ3) is 9.96. The summed E-state index contributed by atoms with van der Waals surface area (Å²) in [7, 11) is 0. The normalized spacial score (nSPS) is 18.1. The van der Waals surface area contributed by atoms with Crippen LogP contribution in [0, 0.1) is 69.5 Å². The summed E-state index contributed by atoms with van der Waals surface area (Å²) in [6.45, 7) is 3.70. The van der Waals surface area contributed by atoms with Crippen LogP contribution in [0.4, 0.5) is 0 Å². The highest BCUT2D eigenvalue weighted by Gasteiger charge is 2.29. The van der Waals surface area contributed by atoms with E-state index >= 15 is 0 Å². The molecule has 6 unspecified atom stereocenters. The van der Waals surface area contributed by atoms with Crippen LogP contribution >= 0.6 is 0 Å². The Morgan fingerprint density at radius 2 is 0.909 bits per heavy atom. The summed E-state index contributed by atoms with van der Waals surface area (Å²) in [6, 6.07) is 6.53. The first-order chi connectivity index (χ1) is 15.7. The van der Waals surface area contributed by atoms with Crippen LogP contribution < -0.4 is 17.2 Å². The minimum absolute atomic E-state index is 0.0255. The van der Waals surface area contributed by atoms with Gasteiger partial charge in [0.1, 0.15) is 17.5 Å². The van der Waals surface area contributed by atoms with Crippen molar-refractivity contribution in [2.75, 3.05) is 0 Å². The van der Waals surface area contributed by atoms with E-state index in [2.05, 4.69) is 33.7 Å². The summed E-state index contributed by atoms with van der Waals surface area (Å²) >= 11 is 0. The van der Waals surface area contributed by atoms with E-state index in [0.717, 1.165) is 0 Å². The highest BCUT2D eigenvalue weighted by molar-refractivity contribution is 5.83. The standard InChI is InChI=1S/C21H35N9O3/c1-3-13(10-22)5-17(20(26)29-32)8-15(12-24)9-18(21(27)30-33)7-14(11-23)6-16(4-2)19(25)28-31/h13-18,31-33H,3-9H2,1-2H3,(H2,25,28)(H2,26,29)(H2,27,30). The molecule has 0 aliphatic carbocycles. The molecule has 0 saturated heterocycles. The van der Waals surface area contributed by atoms with Gasteiger partial charge in [-0.3, -0.25) is 0 Å². The van der Waals surface area contributed by atoms with E-state index in [1.165, 1.54) is 0 Å². The Bertz CT molecular complexity index is 807. The molecule has 0 aromatic rings. The number of amidine groups is 3. The second kappa shape index (κ2) is 16.0. The van der Waals surface area contributed by atoms with E-state index in [0.29, 0.717) is 25.7 Å². The summed E-state index contributed by atoms with van der Waals surface area (Å²) in [5, 5.41) is 65.1. The van der Waals surface area contributed by atoms with Crippen molar-refractivity contribution in [2.24, 2.45) is 68.2 Å². The third-order valence-electron chi connectivity index (χ3n) is 5.98. The summed E-state index contributed by atoms with van der Waals surface area (Å²) in [4.78, 5) is 0. The van der Waals surface area contributed by atoms with Gasteiger partial charge in [0.15, 0.2) is 0 Å². The van der Waals surface area contributed by atoms with Crippen LogP contribution in [0.25, 0.3) is 0 Å². The van der Waals surface area contributed by atoms with Gasteiger partial charge in [0.2, 0.25) is 0 Å². The molecule has 0 aromatic carbocycles. The fourth-order valence-electron chi connectivity index (χ4n) is 3.85. The molecule has 0 aliphatic heterocycles. The van der Waals surface area contributed by atoms with Gasteiger partial charge in [0.05, 0.1) is 18.2 Å². The zero-order chi connectivity index (χ0) is 25.4. The predicted octanol–water partition coefficient (Wildman–Crippen LogP) is 2.26. The second-order valence-electron chi connectivity index (χ2n) is 8.14. The molecule has 33 heavy (non-hydrogen) atoms. The molecule has 0 radical (unpaired) electrons. The Morgan fingerprint density at radius 1 is 0.606 bits per heavy atom. The quantitative estimate of drug-likeness (QED) is 0.0903. The molecule has 12 nitrogen and oxygen atoms in total. The van der Waals surface area contributed by atoms with E-state index in [4.69, 9.17) is 27.6 Å². The molecule has 0 heterocycles. The molecule has 0 saturated carbocycles. The van der Waals surface area contributed by atoms with Crippen molar-refractivity contribution < 1.29 is 15.6 Å². The first-order valence-corrected chi connectivity index (χ1v) is 10.9. The average Bonchev–Trinajstić information content (AvgIpc) is 2.85. The van der Waals surface area contributed by atoms with E-state index < -0.39 is 23.7 Å². The van der Waals surface area contributed by atoms with E-state index in [1.54, 1.807) is 0 Å². The molecule has 0 aliphatic rings. The van der Waals surface area contributed by atoms with Gasteiger partial charge in [-0.15, -0.1) is 0 Å². The summed E-state index contributed by atoms with van der Waals surface area (Å²) < 4.78 is 0. The van der Waals surface area contributed by atoms with Gasteiger partial charge in [-0.25, -0.2) is 0 Å². The maximum absolute atomic E-state index is 9.73. The number of oxime groups is 3. The Kier molecular flexibility index (Phi) is 14.2. The Labute approximate surface area is 194 Å². The van der Waals surface area contributed by atoms with Crippen molar-refractivity contribution in [3.05, 3.63) is 0 Å². The molecule has 0 amide bonds. The molecular formula is C21H35N9O3. The predicted molar refractivity (Wildman–Crippen MR) is 122 cm³/mol. The molecule has 0 bridgehead atoms. The number of nitriles is 3. The highest BCUT2D eigenvalue weighted by Crippen LogP contribution is 2.30. The zero-order valence-corrected chi connectivity index (χ0v) is 19.2. The lowest BCUT2D eigenvalue weighted by molar-refractivity contribution is 0.298. The fraction of sp³-hybridized carbons (Fsp3) is 0.714. The number of rotatable bonds is 15. The van der Waals surface area contributed by atoms with Crippen LogP contribution in [0.3, 0.4) is 0 Å². The maximum atomic E-state index is 9.73. The van der Waals surface area contributed by atoms with Crippen molar-refractivity contribution in [3.63, 3.8) is 0 Å². The molecule has 0 spiro atoms. The molecule has 0 aromatic heterocycles. The number of nitrogens with zero attached hydrogens (tertiary/aromatic N) is 6. The van der Waals surface area contributed by atoms with Gasteiger partial charge in [0.25, 0.3) is 0 Å². The molecule has 6 atom stereocenters. The van der Waals surface area contributed by atoms with Crippen LogP contribution in [0.5, 0.6) is 0 Å². The summed E-state index contributed by atoms with van der Waals surface area (Å²) in [6.07, 6.45) is 2.35. The molecule has 0 rings (SSSR count). The summed E-state index contributed by atoms with van der Waals surface area (Å²) in [5.74, 6) is -3.07. The lowest BCUT2D eigenvalue weighted by Gasteiger charge is -2.25. The molecule has 182 valence electrons. The monoisotopic (exact) mass is 461 g/mol. The van der Waals surface area contributed by atoms with Gasteiger partial charge in [-0.1, -0.05) is 29.3 Å². The van der Waals surface area contributed by atoms with E-state index in [-0.39, 0.29) is 48.6 Å². The van der Waals surface area contributed by atoms with Gasteiger partial charge >= 0.3 is 0 Å². The lowest BCUT2D eigenvalue weighted by atomic mass is 9.79. The smallest absolute Gasteiger partial charge is 0.142 e. The first-order valence-electron chi connectivity index (χ1n) is 10.9. The van der Waals surface area contributed by atoms with Crippen LogP contribution in [-0.2, 0) is 0 Å². The highest BCUT2D eigenvalue weighted by atomic mass is 16.4. The zero-order valence-electron chi connectivity index (χ0n) is 19.2. The molecule has 0 fully saturated rings. The van der Waals surface area contributed by atoms with Crippen LogP contribution in [0.2, 0.25) is 0 Å². The van der Waals surface area contributed by atoms with Crippen molar-refractivity contribution in [2.45, 2.75) is 58.8 Å². The van der Waals surface area contributed by atoms with Crippen molar-refractivity contribution in [3.8, 4) is 18.2 Å².